The Balaban J connectivity index is 1.65. The van der Waals surface area contributed by atoms with Gasteiger partial charge in [0.05, 0.1) is 6.61 Å². The first-order chi connectivity index (χ1) is 16.2. The lowest BCUT2D eigenvalue weighted by Crippen LogP contribution is -2.03. The van der Waals surface area contributed by atoms with E-state index in [2.05, 4.69) is 0 Å². The molecule has 33 heavy (non-hydrogen) atoms. The molecule has 0 fully saturated rings. The van der Waals surface area contributed by atoms with Crippen LogP contribution in [0.15, 0.2) is 91.0 Å². The summed E-state index contributed by atoms with van der Waals surface area (Å²) in [6.07, 6.45) is 0. The van der Waals surface area contributed by atoms with Gasteiger partial charge in [0.15, 0.2) is 0 Å². The molecule has 1 heterocycles. The zero-order valence-electron chi connectivity index (χ0n) is 18.7. The smallest absolute Gasteiger partial charge is 0.225 e. The Hall–Kier alpha value is -3.83. The van der Waals surface area contributed by atoms with Crippen LogP contribution in [0.5, 0.6) is 17.5 Å². The SMILES string of the molecule is CCOc1cc(CN)cc(-c2ccc(OCc3ccccc3)nc2OCc2ccccc2)c1. The van der Waals surface area contributed by atoms with Crippen molar-refractivity contribution in [2.75, 3.05) is 6.61 Å². The van der Waals surface area contributed by atoms with E-state index >= 15 is 0 Å². The molecule has 0 aliphatic carbocycles. The molecule has 168 valence electrons. The highest BCUT2D eigenvalue weighted by molar-refractivity contribution is 5.71. The number of hydrogen-bond donors (Lipinski definition) is 1. The van der Waals surface area contributed by atoms with Crippen LogP contribution in [-0.2, 0) is 19.8 Å². The summed E-state index contributed by atoms with van der Waals surface area (Å²) in [4.78, 5) is 4.69. The third-order valence-electron chi connectivity index (χ3n) is 5.11. The number of aromatic nitrogens is 1. The van der Waals surface area contributed by atoms with Crippen molar-refractivity contribution < 1.29 is 14.2 Å². The van der Waals surface area contributed by atoms with Crippen molar-refractivity contribution in [2.24, 2.45) is 5.73 Å². The Morgan fingerprint density at radius 1 is 0.697 bits per heavy atom. The molecule has 4 aromatic rings. The summed E-state index contributed by atoms with van der Waals surface area (Å²) in [5.41, 5.74) is 10.8. The number of pyridine rings is 1. The summed E-state index contributed by atoms with van der Waals surface area (Å²) in [5, 5.41) is 0. The molecule has 1 aromatic heterocycles. The van der Waals surface area contributed by atoms with Gasteiger partial charge >= 0.3 is 0 Å². The van der Waals surface area contributed by atoms with Crippen LogP contribution in [0.4, 0.5) is 0 Å². The average Bonchev–Trinajstić information content (AvgIpc) is 2.87. The first-order valence-electron chi connectivity index (χ1n) is 11.1. The summed E-state index contributed by atoms with van der Waals surface area (Å²) in [6, 6.07) is 29.9. The van der Waals surface area contributed by atoms with E-state index < -0.39 is 0 Å². The summed E-state index contributed by atoms with van der Waals surface area (Å²) < 4.78 is 17.9. The fourth-order valence-electron chi connectivity index (χ4n) is 3.48. The van der Waals surface area contributed by atoms with Crippen molar-refractivity contribution in [3.05, 3.63) is 108 Å². The predicted molar refractivity (Wildman–Crippen MR) is 130 cm³/mol. The van der Waals surface area contributed by atoms with Crippen LogP contribution < -0.4 is 19.9 Å². The van der Waals surface area contributed by atoms with E-state index in [-0.39, 0.29) is 0 Å². The van der Waals surface area contributed by atoms with Crippen molar-refractivity contribution in [1.82, 2.24) is 4.98 Å². The van der Waals surface area contributed by atoms with E-state index in [1.54, 1.807) is 0 Å². The number of hydrogen-bond acceptors (Lipinski definition) is 5. The molecule has 4 rings (SSSR count). The molecule has 0 radical (unpaired) electrons. The highest BCUT2D eigenvalue weighted by atomic mass is 16.5. The van der Waals surface area contributed by atoms with Gasteiger partial charge in [-0.25, -0.2) is 0 Å². The highest BCUT2D eigenvalue weighted by Gasteiger charge is 2.13. The molecule has 2 N–H and O–H groups in total. The minimum Gasteiger partial charge on any atom is -0.494 e. The zero-order valence-corrected chi connectivity index (χ0v) is 18.7. The molecule has 0 saturated heterocycles. The Labute approximate surface area is 194 Å². The van der Waals surface area contributed by atoms with Gasteiger partial charge < -0.3 is 19.9 Å². The quantitative estimate of drug-likeness (QED) is 0.339. The fourth-order valence-corrected chi connectivity index (χ4v) is 3.48. The van der Waals surface area contributed by atoms with Crippen LogP contribution in [-0.4, -0.2) is 11.6 Å². The standard InChI is InChI=1S/C28H28N2O3/c1-2-31-25-16-23(18-29)15-24(17-25)26-13-14-27(32-19-21-9-5-3-6-10-21)30-28(26)33-20-22-11-7-4-8-12-22/h3-17H,2,18-20,29H2,1H3. The lowest BCUT2D eigenvalue weighted by molar-refractivity contribution is 0.268. The molecule has 0 amide bonds. The van der Waals surface area contributed by atoms with Gasteiger partial charge in [-0.1, -0.05) is 60.7 Å². The Morgan fingerprint density at radius 3 is 2.00 bits per heavy atom. The molecule has 3 aromatic carbocycles. The molecule has 0 aliphatic rings. The predicted octanol–water partition coefficient (Wildman–Crippen LogP) is 5.76. The second-order valence-electron chi connectivity index (χ2n) is 7.55. The van der Waals surface area contributed by atoms with Gasteiger partial charge in [-0.3, -0.25) is 0 Å². The normalized spacial score (nSPS) is 10.6. The monoisotopic (exact) mass is 440 g/mol. The first kappa shape index (κ1) is 22.4. The topological polar surface area (TPSA) is 66.6 Å². The Morgan fingerprint density at radius 2 is 1.36 bits per heavy atom. The van der Waals surface area contributed by atoms with Crippen molar-refractivity contribution in [2.45, 2.75) is 26.7 Å². The molecule has 0 spiro atoms. The van der Waals surface area contributed by atoms with Crippen molar-refractivity contribution in [3.63, 3.8) is 0 Å². The second kappa shape index (κ2) is 11.2. The van der Waals surface area contributed by atoms with E-state index in [0.717, 1.165) is 33.6 Å². The molecule has 0 aliphatic heterocycles. The molecule has 5 heteroatoms. The van der Waals surface area contributed by atoms with E-state index in [1.807, 2.05) is 97.9 Å². The van der Waals surface area contributed by atoms with Crippen molar-refractivity contribution in [3.8, 4) is 28.6 Å². The first-order valence-corrected chi connectivity index (χ1v) is 11.1. The number of benzene rings is 3. The Kier molecular flexibility index (Phi) is 7.56. The maximum absolute atomic E-state index is 6.18. The van der Waals surface area contributed by atoms with Crippen LogP contribution in [0.1, 0.15) is 23.6 Å². The van der Waals surface area contributed by atoms with E-state index in [4.69, 9.17) is 24.9 Å². The lowest BCUT2D eigenvalue weighted by Gasteiger charge is -2.15. The van der Waals surface area contributed by atoms with Crippen LogP contribution in [0.25, 0.3) is 11.1 Å². The largest absolute Gasteiger partial charge is 0.494 e. The van der Waals surface area contributed by atoms with E-state index in [1.165, 1.54) is 0 Å². The van der Waals surface area contributed by atoms with Gasteiger partial charge in [0.2, 0.25) is 11.8 Å². The summed E-state index contributed by atoms with van der Waals surface area (Å²) in [6.45, 7) is 3.79. The molecule has 0 saturated carbocycles. The summed E-state index contributed by atoms with van der Waals surface area (Å²) >= 11 is 0. The van der Waals surface area contributed by atoms with Crippen LogP contribution in [0.2, 0.25) is 0 Å². The lowest BCUT2D eigenvalue weighted by atomic mass is 10.0. The van der Waals surface area contributed by atoms with Crippen LogP contribution in [0, 0.1) is 0 Å². The van der Waals surface area contributed by atoms with Crippen molar-refractivity contribution >= 4 is 0 Å². The van der Waals surface area contributed by atoms with Crippen LogP contribution >= 0.6 is 0 Å². The van der Waals surface area contributed by atoms with E-state index in [9.17, 15) is 0 Å². The maximum Gasteiger partial charge on any atom is 0.225 e. The third-order valence-corrected chi connectivity index (χ3v) is 5.11. The van der Waals surface area contributed by atoms with Gasteiger partial charge in [-0.05, 0) is 53.4 Å². The number of nitrogens with two attached hydrogens (primary N) is 1. The van der Waals surface area contributed by atoms with Crippen molar-refractivity contribution in [1.29, 1.82) is 0 Å². The van der Waals surface area contributed by atoms with Gasteiger partial charge in [0.1, 0.15) is 19.0 Å². The molecule has 5 nitrogen and oxygen atoms in total. The summed E-state index contributed by atoms with van der Waals surface area (Å²) in [5.74, 6) is 1.78. The van der Waals surface area contributed by atoms with Gasteiger partial charge in [-0.2, -0.15) is 4.98 Å². The molecular formula is C28H28N2O3. The molecule has 0 atom stereocenters. The number of ether oxygens (including phenoxy) is 3. The number of nitrogens with zero attached hydrogens (tertiary/aromatic N) is 1. The van der Waals surface area contributed by atoms with Crippen LogP contribution in [0.3, 0.4) is 0 Å². The highest BCUT2D eigenvalue weighted by Crippen LogP contribution is 2.34. The average molecular weight is 441 g/mol. The fraction of sp³-hybridized carbons (Fsp3) is 0.179. The van der Waals surface area contributed by atoms with E-state index in [0.29, 0.717) is 38.1 Å². The number of rotatable bonds is 10. The molecular weight excluding hydrogens is 412 g/mol. The van der Waals surface area contributed by atoms with Gasteiger partial charge in [-0.15, -0.1) is 0 Å². The minimum atomic E-state index is 0.401. The van der Waals surface area contributed by atoms with Gasteiger partial charge in [0.25, 0.3) is 0 Å². The zero-order chi connectivity index (χ0) is 22.9. The second-order valence-corrected chi connectivity index (χ2v) is 7.55. The Bertz CT molecular complexity index is 1160. The molecule has 0 bridgehead atoms. The van der Waals surface area contributed by atoms with Gasteiger partial charge in [0, 0.05) is 18.2 Å². The minimum absolute atomic E-state index is 0.401. The maximum atomic E-state index is 6.18. The third kappa shape index (κ3) is 6.11. The molecule has 0 unspecified atom stereocenters. The summed E-state index contributed by atoms with van der Waals surface area (Å²) in [7, 11) is 0.